The van der Waals surface area contributed by atoms with Gasteiger partial charge >= 0.3 is 11.9 Å². The van der Waals surface area contributed by atoms with Crippen molar-refractivity contribution < 1.29 is 19.8 Å². The molecule has 0 fully saturated rings. The Kier molecular flexibility index (Phi) is 5.75. The van der Waals surface area contributed by atoms with Crippen molar-refractivity contribution in [2.75, 3.05) is 4.90 Å². The molecule has 3 aromatic rings. The second kappa shape index (κ2) is 8.39. The number of benzene rings is 3. The van der Waals surface area contributed by atoms with E-state index in [1.807, 2.05) is 60.7 Å². The van der Waals surface area contributed by atoms with Gasteiger partial charge in [-0.2, -0.15) is 0 Å². The standard InChI is InChI=1S/C23H21NO4/c1-16-12-19(22(25)26)20(23(27)28)13-21(16)24(14-17-8-4-2-5-9-17)15-18-10-6-3-7-11-18/h2-13H,14-15H2,1H3,(H,25,26)(H,27,28). The first kappa shape index (κ1) is 19.2. The first-order valence-corrected chi connectivity index (χ1v) is 8.89. The molecule has 0 aromatic heterocycles. The smallest absolute Gasteiger partial charge is 0.336 e. The monoisotopic (exact) mass is 375 g/mol. The number of carboxylic acids is 2. The fourth-order valence-electron chi connectivity index (χ4n) is 3.22. The lowest BCUT2D eigenvalue weighted by Crippen LogP contribution is -2.24. The van der Waals surface area contributed by atoms with Crippen LogP contribution in [0.3, 0.4) is 0 Å². The largest absolute Gasteiger partial charge is 0.478 e. The lowest BCUT2D eigenvalue weighted by molar-refractivity contribution is 0.0651. The summed E-state index contributed by atoms with van der Waals surface area (Å²) < 4.78 is 0. The number of nitrogens with zero attached hydrogens (tertiary/aromatic N) is 1. The van der Waals surface area contributed by atoms with Crippen LogP contribution in [0.1, 0.15) is 37.4 Å². The maximum Gasteiger partial charge on any atom is 0.336 e. The van der Waals surface area contributed by atoms with Gasteiger partial charge in [0.2, 0.25) is 0 Å². The number of hydrogen-bond acceptors (Lipinski definition) is 3. The van der Waals surface area contributed by atoms with Crippen LogP contribution in [0.5, 0.6) is 0 Å². The van der Waals surface area contributed by atoms with Crippen LogP contribution in [0.2, 0.25) is 0 Å². The average molecular weight is 375 g/mol. The lowest BCUT2D eigenvalue weighted by atomic mass is 10.0. The van der Waals surface area contributed by atoms with Crippen LogP contribution in [-0.2, 0) is 13.1 Å². The molecule has 0 aliphatic carbocycles. The SMILES string of the molecule is Cc1cc(C(=O)O)c(C(=O)O)cc1N(Cc1ccccc1)Cc1ccccc1. The number of aryl methyl sites for hydroxylation is 1. The molecule has 2 N–H and O–H groups in total. The predicted octanol–water partition coefficient (Wildman–Crippen LogP) is 4.60. The highest BCUT2D eigenvalue weighted by atomic mass is 16.4. The number of hydrogen-bond donors (Lipinski definition) is 2. The topological polar surface area (TPSA) is 77.8 Å². The Morgan fingerprint density at radius 2 is 1.18 bits per heavy atom. The molecule has 0 amide bonds. The van der Waals surface area contributed by atoms with Gasteiger partial charge in [-0.3, -0.25) is 0 Å². The van der Waals surface area contributed by atoms with E-state index in [1.54, 1.807) is 6.92 Å². The van der Waals surface area contributed by atoms with Crippen LogP contribution in [0, 0.1) is 6.92 Å². The quantitative estimate of drug-likeness (QED) is 0.631. The van der Waals surface area contributed by atoms with Crippen molar-refractivity contribution in [1.82, 2.24) is 0 Å². The van der Waals surface area contributed by atoms with Crippen molar-refractivity contribution >= 4 is 17.6 Å². The van der Waals surface area contributed by atoms with Crippen molar-refractivity contribution in [1.29, 1.82) is 0 Å². The van der Waals surface area contributed by atoms with Crippen LogP contribution in [0.15, 0.2) is 72.8 Å². The Morgan fingerprint density at radius 3 is 1.61 bits per heavy atom. The molecule has 5 heteroatoms. The summed E-state index contributed by atoms with van der Waals surface area (Å²) in [6.07, 6.45) is 0. The minimum atomic E-state index is -1.25. The molecule has 28 heavy (non-hydrogen) atoms. The van der Waals surface area contributed by atoms with Crippen LogP contribution in [-0.4, -0.2) is 22.2 Å². The lowest BCUT2D eigenvalue weighted by Gasteiger charge is -2.27. The third kappa shape index (κ3) is 4.38. The van der Waals surface area contributed by atoms with E-state index in [4.69, 9.17) is 0 Å². The maximum atomic E-state index is 11.6. The van der Waals surface area contributed by atoms with Crippen LogP contribution in [0.4, 0.5) is 5.69 Å². The van der Waals surface area contributed by atoms with Crippen molar-refractivity contribution in [3.05, 3.63) is 101 Å². The second-order valence-corrected chi connectivity index (χ2v) is 6.62. The van der Waals surface area contributed by atoms with Gasteiger partial charge in [-0.05, 0) is 35.7 Å². The van der Waals surface area contributed by atoms with Crippen molar-refractivity contribution in [3.63, 3.8) is 0 Å². The second-order valence-electron chi connectivity index (χ2n) is 6.62. The molecule has 0 heterocycles. The number of carbonyl (C=O) groups is 2. The summed E-state index contributed by atoms with van der Waals surface area (Å²) >= 11 is 0. The molecule has 3 rings (SSSR count). The molecule has 0 aliphatic heterocycles. The molecule has 0 atom stereocenters. The Morgan fingerprint density at radius 1 is 0.750 bits per heavy atom. The van der Waals surface area contributed by atoms with Crippen molar-refractivity contribution in [2.24, 2.45) is 0 Å². The van der Waals surface area contributed by atoms with Gasteiger partial charge in [0.25, 0.3) is 0 Å². The van der Waals surface area contributed by atoms with Crippen LogP contribution < -0.4 is 4.90 Å². The predicted molar refractivity (Wildman–Crippen MR) is 108 cm³/mol. The first-order chi connectivity index (χ1) is 13.5. The van der Waals surface area contributed by atoms with E-state index < -0.39 is 11.9 Å². The van der Waals surface area contributed by atoms with Crippen LogP contribution in [0.25, 0.3) is 0 Å². The van der Waals surface area contributed by atoms with E-state index in [0.717, 1.165) is 11.1 Å². The van der Waals surface area contributed by atoms with Crippen LogP contribution >= 0.6 is 0 Å². The van der Waals surface area contributed by atoms with Crippen molar-refractivity contribution in [3.8, 4) is 0 Å². The number of anilines is 1. The zero-order chi connectivity index (χ0) is 20.1. The van der Waals surface area contributed by atoms with Gasteiger partial charge in [0.1, 0.15) is 0 Å². The molecule has 0 radical (unpaired) electrons. The van der Waals surface area contributed by atoms with E-state index in [1.165, 1.54) is 12.1 Å². The van der Waals surface area contributed by atoms with Crippen molar-refractivity contribution in [2.45, 2.75) is 20.0 Å². The van der Waals surface area contributed by atoms with Gasteiger partial charge < -0.3 is 15.1 Å². The van der Waals surface area contributed by atoms with E-state index in [9.17, 15) is 19.8 Å². The zero-order valence-corrected chi connectivity index (χ0v) is 15.5. The van der Waals surface area contributed by atoms with Gasteiger partial charge in [-0.1, -0.05) is 60.7 Å². The summed E-state index contributed by atoms with van der Waals surface area (Å²) in [7, 11) is 0. The molecule has 0 unspecified atom stereocenters. The Bertz CT molecular complexity index is 943. The normalized spacial score (nSPS) is 10.5. The van der Waals surface area contributed by atoms with Gasteiger partial charge in [0, 0.05) is 18.8 Å². The number of carboxylic acid groups (broad SMARTS) is 2. The Balaban J connectivity index is 2.07. The maximum absolute atomic E-state index is 11.6. The molecule has 142 valence electrons. The van der Waals surface area contributed by atoms with E-state index in [-0.39, 0.29) is 11.1 Å². The summed E-state index contributed by atoms with van der Waals surface area (Å²) in [4.78, 5) is 25.2. The zero-order valence-electron chi connectivity index (χ0n) is 15.5. The molecule has 5 nitrogen and oxygen atoms in total. The summed E-state index contributed by atoms with van der Waals surface area (Å²) in [5, 5.41) is 18.9. The highest BCUT2D eigenvalue weighted by molar-refractivity contribution is 6.02. The van der Waals surface area contributed by atoms with E-state index in [2.05, 4.69) is 4.90 Å². The highest BCUT2D eigenvalue weighted by Crippen LogP contribution is 2.28. The Hall–Kier alpha value is -3.60. The summed E-state index contributed by atoms with van der Waals surface area (Å²) in [6, 6.07) is 22.7. The van der Waals surface area contributed by atoms with Gasteiger partial charge in [0.05, 0.1) is 11.1 Å². The fourth-order valence-corrected chi connectivity index (χ4v) is 3.22. The number of aromatic carboxylic acids is 2. The van der Waals surface area contributed by atoms with Gasteiger partial charge in [-0.25, -0.2) is 9.59 Å². The number of rotatable bonds is 7. The Labute approximate surface area is 163 Å². The average Bonchev–Trinajstić information content (AvgIpc) is 2.68. The van der Waals surface area contributed by atoms with Gasteiger partial charge in [-0.15, -0.1) is 0 Å². The molecular weight excluding hydrogens is 354 g/mol. The van der Waals surface area contributed by atoms with E-state index in [0.29, 0.717) is 24.3 Å². The fraction of sp³-hybridized carbons (Fsp3) is 0.130. The minimum absolute atomic E-state index is 0.201. The van der Waals surface area contributed by atoms with E-state index >= 15 is 0 Å². The third-order valence-corrected chi connectivity index (χ3v) is 4.57. The first-order valence-electron chi connectivity index (χ1n) is 8.89. The third-order valence-electron chi connectivity index (χ3n) is 4.57. The molecule has 0 bridgehead atoms. The van der Waals surface area contributed by atoms with Gasteiger partial charge in [0.15, 0.2) is 0 Å². The molecular formula is C23H21NO4. The molecule has 0 saturated heterocycles. The molecule has 3 aromatic carbocycles. The highest BCUT2D eigenvalue weighted by Gasteiger charge is 2.21. The minimum Gasteiger partial charge on any atom is -0.478 e. The summed E-state index contributed by atoms with van der Waals surface area (Å²) in [5.41, 5.74) is 3.17. The molecule has 0 saturated carbocycles. The summed E-state index contributed by atoms with van der Waals surface area (Å²) in [5.74, 6) is -2.50. The molecule has 0 spiro atoms. The molecule has 0 aliphatic rings. The summed E-state index contributed by atoms with van der Waals surface area (Å²) in [6.45, 7) is 2.94.